The molecule has 0 heterocycles. The van der Waals surface area contributed by atoms with E-state index in [1.54, 1.807) is 0 Å². The van der Waals surface area contributed by atoms with Crippen LogP contribution in [-0.2, 0) is 0 Å². The molecule has 0 aromatic rings. The highest BCUT2D eigenvalue weighted by Gasteiger charge is 2.33. The molecular weight excluding hydrogens is 160 g/mol. The lowest BCUT2D eigenvalue weighted by Gasteiger charge is -2.36. The zero-order valence-corrected chi connectivity index (χ0v) is 8.76. The molecule has 13 heavy (non-hydrogen) atoms. The molecule has 2 aliphatic carbocycles. The van der Waals surface area contributed by atoms with Crippen LogP contribution in [0.15, 0.2) is 0 Å². The molecule has 0 bridgehead atoms. The predicted octanol–water partition coefficient (Wildman–Crippen LogP) is 1.74. The van der Waals surface area contributed by atoms with Crippen LogP contribution in [0.2, 0.25) is 0 Å². The quantitative estimate of drug-likeness (QED) is 0.720. The van der Waals surface area contributed by atoms with Crippen molar-refractivity contribution in [3.05, 3.63) is 0 Å². The Hall–Kier alpha value is -0.0800. The predicted molar refractivity (Wildman–Crippen MR) is 55.7 cm³/mol. The fourth-order valence-electron chi connectivity index (χ4n) is 2.56. The summed E-state index contributed by atoms with van der Waals surface area (Å²) in [6.07, 6.45) is 9.35. The summed E-state index contributed by atoms with van der Waals surface area (Å²) in [6, 6.07) is 0.863. The van der Waals surface area contributed by atoms with Gasteiger partial charge in [0.1, 0.15) is 0 Å². The van der Waals surface area contributed by atoms with Gasteiger partial charge in [0, 0.05) is 18.1 Å². The summed E-state index contributed by atoms with van der Waals surface area (Å²) in [5.74, 6) is 0. The topological polar surface area (TPSA) is 29.3 Å². The van der Waals surface area contributed by atoms with Crippen LogP contribution in [0.25, 0.3) is 0 Å². The van der Waals surface area contributed by atoms with Crippen LogP contribution in [0.4, 0.5) is 0 Å². The fourth-order valence-corrected chi connectivity index (χ4v) is 2.56. The van der Waals surface area contributed by atoms with E-state index in [9.17, 15) is 0 Å². The Labute approximate surface area is 81.5 Å². The third-order valence-electron chi connectivity index (χ3n) is 3.58. The largest absolute Gasteiger partial charge is 0.324 e. The first-order valence-electron chi connectivity index (χ1n) is 5.69. The maximum atomic E-state index is 6.38. The normalized spacial score (nSPS) is 27.9. The van der Waals surface area contributed by atoms with Crippen molar-refractivity contribution >= 4 is 0 Å². The highest BCUT2D eigenvalue weighted by Crippen LogP contribution is 2.31. The van der Waals surface area contributed by atoms with Gasteiger partial charge in [-0.25, -0.2) is 0 Å². The highest BCUT2D eigenvalue weighted by molar-refractivity contribution is 4.93. The van der Waals surface area contributed by atoms with E-state index in [1.165, 1.54) is 44.9 Å². The van der Waals surface area contributed by atoms with Gasteiger partial charge in [-0.05, 0) is 32.7 Å². The van der Waals surface area contributed by atoms with Crippen LogP contribution < -0.4 is 5.73 Å². The average Bonchev–Trinajstić information content (AvgIpc) is 2.86. The fraction of sp³-hybridized carbons (Fsp3) is 1.00. The monoisotopic (exact) mass is 182 g/mol. The zero-order chi connectivity index (χ0) is 9.31. The van der Waals surface area contributed by atoms with Crippen molar-refractivity contribution in [2.24, 2.45) is 5.73 Å². The number of likely N-dealkylation sites (N-methyl/N-ethyl adjacent to an activating group) is 1. The first-order chi connectivity index (χ1) is 6.20. The summed E-state index contributed by atoms with van der Waals surface area (Å²) in [4.78, 5) is 2.48. The van der Waals surface area contributed by atoms with E-state index in [2.05, 4.69) is 11.9 Å². The van der Waals surface area contributed by atoms with E-state index in [0.717, 1.165) is 12.6 Å². The van der Waals surface area contributed by atoms with Crippen molar-refractivity contribution in [1.29, 1.82) is 0 Å². The molecule has 2 N–H and O–H groups in total. The van der Waals surface area contributed by atoms with Crippen molar-refractivity contribution < 1.29 is 0 Å². The molecule has 0 aromatic carbocycles. The smallest absolute Gasteiger partial charge is 0.0283 e. The van der Waals surface area contributed by atoms with Gasteiger partial charge in [0.05, 0.1) is 0 Å². The van der Waals surface area contributed by atoms with Crippen molar-refractivity contribution in [3.8, 4) is 0 Å². The van der Waals surface area contributed by atoms with Gasteiger partial charge in [-0.15, -0.1) is 0 Å². The second kappa shape index (κ2) is 3.58. The molecule has 2 aliphatic rings. The molecule has 2 saturated carbocycles. The van der Waals surface area contributed by atoms with Crippen LogP contribution in [0.1, 0.15) is 44.9 Å². The number of nitrogens with zero attached hydrogens (tertiary/aromatic N) is 1. The van der Waals surface area contributed by atoms with Crippen molar-refractivity contribution in [1.82, 2.24) is 4.90 Å². The van der Waals surface area contributed by atoms with E-state index in [0.29, 0.717) is 0 Å². The lowest BCUT2D eigenvalue weighted by Crippen LogP contribution is -2.50. The van der Waals surface area contributed by atoms with Crippen LogP contribution >= 0.6 is 0 Å². The molecule has 0 aromatic heterocycles. The van der Waals surface area contributed by atoms with E-state index < -0.39 is 0 Å². The minimum absolute atomic E-state index is 0.148. The van der Waals surface area contributed by atoms with E-state index in [1.807, 2.05) is 0 Å². The minimum Gasteiger partial charge on any atom is -0.324 e. The molecule has 0 spiro atoms. The lowest BCUT2D eigenvalue weighted by molar-refractivity contribution is 0.192. The molecule has 76 valence electrons. The molecule has 2 rings (SSSR count). The van der Waals surface area contributed by atoms with Crippen molar-refractivity contribution in [2.45, 2.75) is 56.5 Å². The van der Waals surface area contributed by atoms with Crippen LogP contribution in [-0.4, -0.2) is 30.1 Å². The Kier molecular flexibility index (Phi) is 2.61. The SMILES string of the molecule is CN(CC1(N)CCCCC1)C1CC1. The third kappa shape index (κ3) is 2.44. The van der Waals surface area contributed by atoms with E-state index in [-0.39, 0.29) is 5.54 Å². The summed E-state index contributed by atoms with van der Waals surface area (Å²) in [7, 11) is 2.24. The molecule has 0 unspecified atom stereocenters. The molecule has 2 heteroatoms. The zero-order valence-electron chi connectivity index (χ0n) is 8.76. The molecular formula is C11H22N2. The first kappa shape index (κ1) is 9.47. The highest BCUT2D eigenvalue weighted by atomic mass is 15.2. The van der Waals surface area contributed by atoms with Crippen LogP contribution in [0.5, 0.6) is 0 Å². The Morgan fingerprint density at radius 1 is 1.23 bits per heavy atom. The number of nitrogens with two attached hydrogens (primary N) is 1. The number of hydrogen-bond acceptors (Lipinski definition) is 2. The number of hydrogen-bond donors (Lipinski definition) is 1. The maximum Gasteiger partial charge on any atom is 0.0283 e. The van der Waals surface area contributed by atoms with Crippen LogP contribution in [0, 0.1) is 0 Å². The van der Waals surface area contributed by atoms with Gasteiger partial charge < -0.3 is 10.6 Å². The van der Waals surface area contributed by atoms with Crippen LogP contribution in [0.3, 0.4) is 0 Å². The second-order valence-corrected chi connectivity index (χ2v) is 5.07. The van der Waals surface area contributed by atoms with Gasteiger partial charge >= 0.3 is 0 Å². The van der Waals surface area contributed by atoms with Gasteiger partial charge in [-0.1, -0.05) is 19.3 Å². The molecule has 0 atom stereocenters. The molecule has 2 nitrogen and oxygen atoms in total. The van der Waals surface area contributed by atoms with Gasteiger partial charge in [-0.2, -0.15) is 0 Å². The minimum atomic E-state index is 0.148. The van der Waals surface area contributed by atoms with Gasteiger partial charge in [0.25, 0.3) is 0 Å². The Bertz CT molecular complexity index is 169. The average molecular weight is 182 g/mol. The summed E-state index contributed by atoms with van der Waals surface area (Å²) < 4.78 is 0. The summed E-state index contributed by atoms with van der Waals surface area (Å²) >= 11 is 0. The Morgan fingerprint density at radius 2 is 1.85 bits per heavy atom. The molecule has 0 aliphatic heterocycles. The van der Waals surface area contributed by atoms with E-state index >= 15 is 0 Å². The van der Waals surface area contributed by atoms with Crippen molar-refractivity contribution in [3.63, 3.8) is 0 Å². The number of rotatable bonds is 3. The van der Waals surface area contributed by atoms with Gasteiger partial charge in [-0.3, -0.25) is 0 Å². The third-order valence-corrected chi connectivity index (χ3v) is 3.58. The van der Waals surface area contributed by atoms with Gasteiger partial charge in [0.2, 0.25) is 0 Å². The standard InChI is InChI=1S/C11H22N2/c1-13(10-5-6-10)9-11(12)7-3-2-4-8-11/h10H,2-9,12H2,1H3. The molecule has 0 saturated heterocycles. The molecule has 0 radical (unpaired) electrons. The maximum absolute atomic E-state index is 6.38. The van der Waals surface area contributed by atoms with E-state index in [4.69, 9.17) is 5.73 Å². The lowest BCUT2D eigenvalue weighted by atomic mass is 9.82. The summed E-state index contributed by atoms with van der Waals surface area (Å²) in [6.45, 7) is 1.12. The second-order valence-electron chi connectivity index (χ2n) is 5.07. The Morgan fingerprint density at radius 3 is 2.38 bits per heavy atom. The summed E-state index contributed by atoms with van der Waals surface area (Å²) in [5, 5.41) is 0. The summed E-state index contributed by atoms with van der Waals surface area (Å²) in [5.41, 5.74) is 6.53. The molecule has 0 amide bonds. The Balaban J connectivity index is 1.82. The first-order valence-corrected chi connectivity index (χ1v) is 5.69. The van der Waals surface area contributed by atoms with Gasteiger partial charge in [0.15, 0.2) is 0 Å². The molecule has 2 fully saturated rings. The van der Waals surface area contributed by atoms with Crippen molar-refractivity contribution in [2.75, 3.05) is 13.6 Å².